The Bertz CT molecular complexity index is 1190. The summed E-state index contributed by atoms with van der Waals surface area (Å²) >= 11 is 6.12. The maximum atomic E-state index is 14.1. The zero-order chi connectivity index (χ0) is 20.8. The molecule has 0 N–H and O–H groups in total. The minimum atomic E-state index is -3.95. The second kappa shape index (κ2) is 7.58. The average molecular weight is 433 g/mol. The predicted molar refractivity (Wildman–Crippen MR) is 114 cm³/mol. The Balaban J connectivity index is 1.94. The molecule has 2 heterocycles. The maximum Gasteiger partial charge on any atom is 0.210 e. The molecule has 0 spiro atoms. The van der Waals surface area contributed by atoms with Gasteiger partial charge in [0, 0.05) is 29.7 Å². The van der Waals surface area contributed by atoms with Crippen LogP contribution in [-0.4, -0.2) is 26.5 Å². The first-order chi connectivity index (χ1) is 13.8. The van der Waals surface area contributed by atoms with Crippen molar-refractivity contribution in [3.05, 3.63) is 59.0 Å². The SMILES string of the molecule is Cc1ccc(S(=O)(=O)c2cnc3cc(Cl)ccc3c2N2CCC(C)CC2)cc1F. The number of rotatable bonds is 3. The van der Waals surface area contributed by atoms with Gasteiger partial charge in [-0.1, -0.05) is 24.6 Å². The van der Waals surface area contributed by atoms with Gasteiger partial charge in [0.25, 0.3) is 0 Å². The van der Waals surface area contributed by atoms with Gasteiger partial charge in [0.1, 0.15) is 10.7 Å². The van der Waals surface area contributed by atoms with Crippen LogP contribution in [0.5, 0.6) is 0 Å². The van der Waals surface area contributed by atoms with E-state index in [1.807, 2.05) is 6.07 Å². The summed E-state index contributed by atoms with van der Waals surface area (Å²) in [5, 5.41) is 1.28. The van der Waals surface area contributed by atoms with E-state index in [1.165, 1.54) is 18.3 Å². The second-order valence-electron chi connectivity index (χ2n) is 7.72. The Morgan fingerprint density at radius 1 is 1.14 bits per heavy atom. The fourth-order valence-corrected chi connectivity index (χ4v) is 5.37. The lowest BCUT2D eigenvalue weighted by atomic mass is 9.98. The molecular formula is C22H22ClFN2O2S. The van der Waals surface area contributed by atoms with Crippen LogP contribution in [0.1, 0.15) is 25.3 Å². The standard InChI is InChI=1S/C22H22ClFN2O2S/c1-14-7-9-26(10-8-14)22-18-6-4-16(23)11-20(18)25-13-21(22)29(27,28)17-5-3-15(2)19(24)12-17/h3-6,11-14H,7-10H2,1-2H3. The number of hydrogen-bond acceptors (Lipinski definition) is 4. The van der Waals surface area contributed by atoms with Gasteiger partial charge in [-0.25, -0.2) is 12.8 Å². The van der Waals surface area contributed by atoms with Crippen molar-refractivity contribution in [2.24, 2.45) is 5.92 Å². The van der Waals surface area contributed by atoms with Crippen molar-refractivity contribution in [2.75, 3.05) is 18.0 Å². The fourth-order valence-electron chi connectivity index (χ4n) is 3.76. The number of fused-ring (bicyclic) bond motifs is 1. The lowest BCUT2D eigenvalue weighted by Crippen LogP contribution is -2.34. The van der Waals surface area contributed by atoms with E-state index >= 15 is 0 Å². The monoisotopic (exact) mass is 432 g/mol. The maximum absolute atomic E-state index is 14.1. The zero-order valence-corrected chi connectivity index (χ0v) is 17.9. The minimum Gasteiger partial charge on any atom is -0.370 e. The van der Waals surface area contributed by atoms with Crippen molar-refractivity contribution in [3.63, 3.8) is 0 Å². The molecule has 152 valence electrons. The average Bonchev–Trinajstić information content (AvgIpc) is 2.69. The highest BCUT2D eigenvalue weighted by molar-refractivity contribution is 7.91. The molecular weight excluding hydrogens is 411 g/mol. The van der Waals surface area contributed by atoms with Crippen LogP contribution in [-0.2, 0) is 9.84 Å². The number of pyridine rings is 1. The molecule has 1 aromatic heterocycles. The van der Waals surface area contributed by atoms with Crippen LogP contribution in [0.4, 0.5) is 10.1 Å². The summed E-state index contributed by atoms with van der Waals surface area (Å²) in [5.74, 6) is 0.0556. The molecule has 0 aliphatic carbocycles. The van der Waals surface area contributed by atoms with Crippen molar-refractivity contribution in [1.82, 2.24) is 4.98 Å². The van der Waals surface area contributed by atoms with Gasteiger partial charge >= 0.3 is 0 Å². The Hall–Kier alpha value is -2.18. The molecule has 1 aliphatic heterocycles. The van der Waals surface area contributed by atoms with Gasteiger partial charge in [-0.05, 0) is 61.6 Å². The molecule has 1 fully saturated rings. The minimum absolute atomic E-state index is 0.0673. The molecule has 3 aromatic rings. The van der Waals surface area contributed by atoms with E-state index in [-0.39, 0.29) is 9.79 Å². The van der Waals surface area contributed by atoms with Crippen molar-refractivity contribution >= 4 is 38.0 Å². The molecule has 0 amide bonds. The quantitative estimate of drug-likeness (QED) is 0.555. The third-order valence-corrected chi connectivity index (χ3v) is 7.60. The summed E-state index contributed by atoms with van der Waals surface area (Å²) in [6.07, 6.45) is 3.34. The molecule has 4 nitrogen and oxygen atoms in total. The molecule has 1 saturated heterocycles. The Labute approximate surface area is 175 Å². The highest BCUT2D eigenvalue weighted by Gasteiger charge is 2.29. The smallest absolute Gasteiger partial charge is 0.210 e. The second-order valence-corrected chi connectivity index (χ2v) is 10.1. The molecule has 0 radical (unpaired) electrons. The largest absolute Gasteiger partial charge is 0.370 e. The highest BCUT2D eigenvalue weighted by atomic mass is 35.5. The van der Waals surface area contributed by atoms with Crippen LogP contribution in [0.25, 0.3) is 10.9 Å². The van der Waals surface area contributed by atoms with Crippen molar-refractivity contribution in [3.8, 4) is 0 Å². The van der Waals surface area contributed by atoms with Gasteiger partial charge in [-0.15, -0.1) is 0 Å². The van der Waals surface area contributed by atoms with Crippen LogP contribution in [0.2, 0.25) is 5.02 Å². The van der Waals surface area contributed by atoms with E-state index in [0.717, 1.165) is 37.4 Å². The molecule has 0 unspecified atom stereocenters. The van der Waals surface area contributed by atoms with Crippen LogP contribution in [0.15, 0.2) is 52.4 Å². The van der Waals surface area contributed by atoms with Crippen LogP contribution in [0, 0.1) is 18.7 Å². The first kappa shape index (κ1) is 20.1. The summed E-state index contributed by atoms with van der Waals surface area (Å²) in [4.78, 5) is 6.50. The molecule has 0 bridgehead atoms. The summed E-state index contributed by atoms with van der Waals surface area (Å²) < 4.78 is 41.1. The predicted octanol–water partition coefficient (Wildman–Crippen LogP) is 5.40. The number of piperidine rings is 1. The Morgan fingerprint density at radius 3 is 2.55 bits per heavy atom. The summed E-state index contributed by atoms with van der Waals surface area (Å²) in [6.45, 7) is 5.32. The van der Waals surface area contributed by atoms with E-state index in [0.29, 0.717) is 27.7 Å². The normalized spacial score (nSPS) is 15.8. The molecule has 4 rings (SSSR count). The molecule has 1 aliphatic rings. The topological polar surface area (TPSA) is 50.3 Å². The van der Waals surface area contributed by atoms with Crippen LogP contribution in [0.3, 0.4) is 0 Å². The number of benzene rings is 2. The molecule has 2 aromatic carbocycles. The van der Waals surface area contributed by atoms with Gasteiger partial charge < -0.3 is 4.90 Å². The van der Waals surface area contributed by atoms with Crippen LogP contribution >= 0.6 is 11.6 Å². The molecule has 29 heavy (non-hydrogen) atoms. The third kappa shape index (κ3) is 3.71. The molecule has 0 atom stereocenters. The number of hydrogen-bond donors (Lipinski definition) is 0. The number of nitrogens with zero attached hydrogens (tertiary/aromatic N) is 2. The van der Waals surface area contributed by atoms with Crippen LogP contribution < -0.4 is 4.90 Å². The lowest BCUT2D eigenvalue weighted by molar-refractivity contribution is 0.437. The van der Waals surface area contributed by atoms with E-state index in [4.69, 9.17) is 11.6 Å². The van der Waals surface area contributed by atoms with Crippen molar-refractivity contribution in [2.45, 2.75) is 36.5 Å². The van der Waals surface area contributed by atoms with Crippen molar-refractivity contribution in [1.29, 1.82) is 0 Å². The molecule has 0 saturated carbocycles. The van der Waals surface area contributed by atoms with Gasteiger partial charge in [-0.3, -0.25) is 4.98 Å². The van der Waals surface area contributed by atoms with E-state index in [9.17, 15) is 12.8 Å². The molecule has 7 heteroatoms. The summed E-state index contributed by atoms with van der Waals surface area (Å²) in [6, 6.07) is 9.30. The van der Waals surface area contributed by atoms with E-state index in [1.54, 1.807) is 19.1 Å². The summed E-state index contributed by atoms with van der Waals surface area (Å²) in [7, 11) is -3.95. The van der Waals surface area contributed by atoms with Gasteiger partial charge in [0.2, 0.25) is 9.84 Å². The first-order valence-corrected chi connectivity index (χ1v) is 11.5. The number of halogens is 2. The highest BCUT2D eigenvalue weighted by Crippen LogP contribution is 2.38. The fraction of sp³-hybridized carbons (Fsp3) is 0.318. The van der Waals surface area contributed by atoms with E-state index in [2.05, 4.69) is 16.8 Å². The first-order valence-electron chi connectivity index (χ1n) is 9.62. The van der Waals surface area contributed by atoms with Gasteiger partial charge in [0.05, 0.1) is 16.1 Å². The summed E-state index contributed by atoms with van der Waals surface area (Å²) in [5.41, 5.74) is 1.67. The third-order valence-electron chi connectivity index (χ3n) is 5.61. The van der Waals surface area contributed by atoms with Gasteiger partial charge in [0.15, 0.2) is 0 Å². The lowest BCUT2D eigenvalue weighted by Gasteiger charge is -2.34. The Morgan fingerprint density at radius 2 is 1.86 bits per heavy atom. The zero-order valence-electron chi connectivity index (χ0n) is 16.3. The Kier molecular flexibility index (Phi) is 5.25. The number of sulfone groups is 1. The van der Waals surface area contributed by atoms with Gasteiger partial charge in [-0.2, -0.15) is 0 Å². The number of aromatic nitrogens is 1. The number of aryl methyl sites for hydroxylation is 1. The number of anilines is 1. The van der Waals surface area contributed by atoms with Crippen molar-refractivity contribution < 1.29 is 12.8 Å². The van der Waals surface area contributed by atoms with E-state index < -0.39 is 15.7 Å².